The van der Waals surface area contributed by atoms with Gasteiger partial charge in [-0.25, -0.2) is 4.79 Å². The molecule has 4 atom stereocenters. The summed E-state index contributed by atoms with van der Waals surface area (Å²) in [6.45, 7) is 1.73. The van der Waals surface area contributed by atoms with Crippen molar-refractivity contribution in [1.29, 1.82) is 0 Å². The maximum atomic E-state index is 13.6. The fourth-order valence-electron chi connectivity index (χ4n) is 4.75. The number of benzene rings is 2. The quantitative estimate of drug-likeness (QED) is 0.0552. The van der Waals surface area contributed by atoms with E-state index in [1.807, 2.05) is 0 Å². The van der Waals surface area contributed by atoms with E-state index in [0.29, 0.717) is 42.1 Å². The van der Waals surface area contributed by atoms with E-state index in [2.05, 4.69) is 26.6 Å². The number of carbonyl (C=O) groups is 7. The molecule has 0 bridgehead atoms. The number of nitrogens with one attached hydrogen (secondary N) is 5. The third-order valence-electron chi connectivity index (χ3n) is 7.35. The minimum atomic E-state index is -1.52. The maximum Gasteiger partial charge on any atom is 0.326 e. The number of unbranched alkanes of at least 4 members (excludes halogenated alkanes) is 1. The molecule has 272 valence electrons. The number of hydrogen-bond acceptors (Lipinski definition) is 9. The number of hydrogen-bond donors (Lipinski definition) is 8. The number of nitrogens with two attached hydrogens (primary N) is 2. The molecular weight excluding hydrogens is 666 g/mol. The third kappa shape index (κ3) is 16.4. The Kier molecular flexibility index (Phi) is 18.7. The van der Waals surface area contributed by atoms with Crippen molar-refractivity contribution in [3.8, 4) is 0 Å². The topological polar surface area (TPSA) is 252 Å². The second-order valence-corrected chi connectivity index (χ2v) is 12.6. The number of carboxylic acid groups (broad SMARTS) is 1. The zero-order valence-corrected chi connectivity index (χ0v) is 28.8. The van der Waals surface area contributed by atoms with E-state index >= 15 is 0 Å². The highest BCUT2D eigenvalue weighted by molar-refractivity contribution is 7.99. The fourth-order valence-corrected chi connectivity index (χ4v) is 5.53. The van der Waals surface area contributed by atoms with E-state index in [4.69, 9.17) is 11.5 Å². The lowest BCUT2D eigenvalue weighted by Gasteiger charge is -2.26. The second-order valence-electron chi connectivity index (χ2n) is 11.5. The van der Waals surface area contributed by atoms with Crippen LogP contribution in [0.3, 0.4) is 0 Å². The van der Waals surface area contributed by atoms with Gasteiger partial charge in [-0.1, -0.05) is 60.7 Å². The van der Waals surface area contributed by atoms with Crippen molar-refractivity contribution in [1.82, 2.24) is 26.6 Å². The summed E-state index contributed by atoms with van der Waals surface area (Å²) in [5.41, 5.74) is 12.3. The van der Waals surface area contributed by atoms with Crippen LogP contribution in [0.5, 0.6) is 0 Å². The van der Waals surface area contributed by atoms with Gasteiger partial charge in [0.05, 0.1) is 12.3 Å². The van der Waals surface area contributed by atoms with Crippen molar-refractivity contribution in [3.05, 3.63) is 71.8 Å². The summed E-state index contributed by atoms with van der Waals surface area (Å²) in [6.07, 6.45) is 0.613. The molecule has 0 unspecified atom stereocenters. The molecule has 0 aliphatic rings. The van der Waals surface area contributed by atoms with Crippen molar-refractivity contribution < 1.29 is 38.7 Å². The van der Waals surface area contributed by atoms with Crippen LogP contribution in [-0.4, -0.2) is 88.9 Å². The highest BCUT2D eigenvalue weighted by Crippen LogP contribution is 2.09. The highest BCUT2D eigenvalue weighted by Gasteiger charge is 2.32. The Morgan fingerprint density at radius 1 is 0.720 bits per heavy atom. The van der Waals surface area contributed by atoms with Gasteiger partial charge in [0.2, 0.25) is 35.4 Å². The predicted molar refractivity (Wildman–Crippen MR) is 188 cm³/mol. The molecule has 2 rings (SSSR count). The summed E-state index contributed by atoms with van der Waals surface area (Å²) in [5.74, 6) is -4.60. The summed E-state index contributed by atoms with van der Waals surface area (Å²) in [6, 6.07) is 12.2. The lowest BCUT2D eigenvalue weighted by atomic mass is 10.0. The Morgan fingerprint density at radius 2 is 1.24 bits per heavy atom. The monoisotopic (exact) mass is 713 g/mol. The zero-order valence-electron chi connectivity index (χ0n) is 28.0. The van der Waals surface area contributed by atoms with Crippen LogP contribution in [0.25, 0.3) is 0 Å². The molecule has 0 saturated heterocycles. The smallest absolute Gasteiger partial charge is 0.326 e. The number of aliphatic carboxylic acids is 1. The average Bonchev–Trinajstić information content (AvgIpc) is 3.07. The van der Waals surface area contributed by atoms with Gasteiger partial charge in [-0.15, -0.1) is 11.8 Å². The normalized spacial score (nSPS) is 13.1. The first-order chi connectivity index (χ1) is 23.9. The van der Waals surface area contributed by atoms with Gasteiger partial charge in [0, 0.05) is 31.9 Å². The molecule has 6 amide bonds. The molecule has 0 aliphatic carbocycles. The molecular formula is C34H47N7O8S. The van der Waals surface area contributed by atoms with Crippen LogP contribution in [0.15, 0.2) is 60.7 Å². The Morgan fingerprint density at radius 3 is 1.78 bits per heavy atom. The van der Waals surface area contributed by atoms with Gasteiger partial charge in [-0.05, 0) is 36.9 Å². The lowest BCUT2D eigenvalue weighted by molar-refractivity contribution is -0.142. The molecule has 15 nitrogen and oxygen atoms in total. The number of carbonyl (C=O) groups excluding carboxylic acids is 6. The predicted octanol–water partition coefficient (Wildman–Crippen LogP) is -0.283. The molecule has 0 aromatic heterocycles. The van der Waals surface area contributed by atoms with Crippen LogP contribution in [0, 0.1) is 0 Å². The van der Waals surface area contributed by atoms with Crippen LogP contribution < -0.4 is 38.1 Å². The summed E-state index contributed by atoms with van der Waals surface area (Å²) >= 11 is 1.32. The standard InChI is InChI=1S/C34H47N7O8S/c1-22(42)37-21-50-17-15-30(44)38-25(14-8-9-16-35)31(45)40-27(20-29(36)43)33(47)39-26(18-23-10-4-2-5-11-23)32(46)41-28(34(48)49)19-24-12-6-3-7-13-24/h2-7,10-13,25-28H,8-9,14-21,35H2,1H3,(H2,36,43)(H,37,42)(H,38,44)(H,39,47)(H,40,45)(H,41,46)(H,48,49)/t25-,26-,27-,28-/m0/s1. The van der Waals surface area contributed by atoms with E-state index in [1.165, 1.54) is 18.7 Å². The lowest BCUT2D eigenvalue weighted by Crippen LogP contribution is -2.59. The number of rotatable bonds is 23. The minimum Gasteiger partial charge on any atom is -0.480 e. The molecule has 0 radical (unpaired) electrons. The Labute approximate surface area is 295 Å². The Balaban J connectivity index is 2.22. The molecule has 2 aromatic carbocycles. The van der Waals surface area contributed by atoms with Crippen LogP contribution in [0.2, 0.25) is 0 Å². The zero-order chi connectivity index (χ0) is 36.9. The third-order valence-corrected chi connectivity index (χ3v) is 8.19. The maximum absolute atomic E-state index is 13.6. The summed E-state index contributed by atoms with van der Waals surface area (Å²) in [5, 5.41) is 22.7. The summed E-state index contributed by atoms with van der Waals surface area (Å²) in [4.78, 5) is 88.4. The first-order valence-electron chi connectivity index (χ1n) is 16.2. The van der Waals surface area contributed by atoms with Gasteiger partial charge in [-0.2, -0.15) is 0 Å². The second kappa shape index (κ2) is 22.6. The van der Waals surface area contributed by atoms with E-state index < -0.39 is 66.1 Å². The van der Waals surface area contributed by atoms with E-state index in [1.54, 1.807) is 60.7 Å². The highest BCUT2D eigenvalue weighted by atomic mass is 32.2. The number of carboxylic acids is 1. The molecule has 2 aromatic rings. The Hall–Kier alpha value is -4.96. The fraction of sp³-hybridized carbons (Fsp3) is 0.441. The van der Waals surface area contributed by atoms with Gasteiger partial charge < -0.3 is 43.2 Å². The van der Waals surface area contributed by atoms with Gasteiger partial charge >= 0.3 is 5.97 Å². The van der Waals surface area contributed by atoms with Crippen LogP contribution in [-0.2, 0) is 46.4 Å². The summed E-state index contributed by atoms with van der Waals surface area (Å²) < 4.78 is 0. The molecule has 0 fully saturated rings. The largest absolute Gasteiger partial charge is 0.480 e. The van der Waals surface area contributed by atoms with Crippen molar-refractivity contribution in [2.45, 2.75) is 76.0 Å². The van der Waals surface area contributed by atoms with Crippen molar-refractivity contribution in [3.63, 3.8) is 0 Å². The number of primary amides is 1. The molecule has 0 heterocycles. The van der Waals surface area contributed by atoms with Gasteiger partial charge in [0.1, 0.15) is 24.2 Å². The van der Waals surface area contributed by atoms with Crippen LogP contribution in [0.1, 0.15) is 50.2 Å². The number of amides is 6. The van der Waals surface area contributed by atoms with Gasteiger partial charge in [0.25, 0.3) is 0 Å². The SMILES string of the molecule is CC(=O)NCSCCC(=O)N[C@@H](CCCCN)C(=O)N[C@@H](CC(N)=O)C(=O)N[C@@H](Cc1ccccc1)C(=O)N[C@@H](Cc1ccccc1)C(=O)O. The van der Waals surface area contributed by atoms with Crippen LogP contribution >= 0.6 is 11.8 Å². The van der Waals surface area contributed by atoms with Gasteiger partial charge in [0.15, 0.2) is 0 Å². The van der Waals surface area contributed by atoms with Crippen molar-refractivity contribution in [2.75, 3.05) is 18.2 Å². The first kappa shape index (κ1) is 41.2. The molecule has 16 heteroatoms. The van der Waals surface area contributed by atoms with Crippen LogP contribution in [0.4, 0.5) is 0 Å². The average molecular weight is 714 g/mol. The minimum absolute atomic E-state index is 0.0144. The molecule has 0 aliphatic heterocycles. The summed E-state index contributed by atoms with van der Waals surface area (Å²) in [7, 11) is 0. The van der Waals surface area contributed by atoms with E-state index in [0.717, 1.165) is 0 Å². The Bertz CT molecular complexity index is 1430. The molecule has 0 spiro atoms. The van der Waals surface area contributed by atoms with E-state index in [-0.39, 0.29) is 31.6 Å². The molecule has 0 saturated carbocycles. The van der Waals surface area contributed by atoms with Gasteiger partial charge in [-0.3, -0.25) is 28.8 Å². The first-order valence-corrected chi connectivity index (χ1v) is 17.4. The molecule has 10 N–H and O–H groups in total. The molecule has 50 heavy (non-hydrogen) atoms. The number of thioether (sulfide) groups is 1. The van der Waals surface area contributed by atoms with Crippen molar-refractivity contribution >= 4 is 53.2 Å². The van der Waals surface area contributed by atoms with E-state index in [9.17, 15) is 38.7 Å². The van der Waals surface area contributed by atoms with Crippen molar-refractivity contribution in [2.24, 2.45) is 11.5 Å².